The first kappa shape index (κ1) is 17.9. The van der Waals surface area contributed by atoms with E-state index in [2.05, 4.69) is 19.7 Å². The van der Waals surface area contributed by atoms with Crippen LogP contribution in [0.2, 0.25) is 0 Å². The smallest absolute Gasteiger partial charge is 0.471 e. The van der Waals surface area contributed by atoms with Crippen LogP contribution < -0.4 is 0 Å². The van der Waals surface area contributed by atoms with Gasteiger partial charge in [-0.3, -0.25) is 4.79 Å². The van der Waals surface area contributed by atoms with Crippen molar-refractivity contribution >= 4 is 11.8 Å². The molecule has 7 nitrogen and oxygen atoms in total. The van der Waals surface area contributed by atoms with Gasteiger partial charge in [0.15, 0.2) is 11.9 Å². The number of hydrogen-bond donors (Lipinski definition) is 0. The number of alkyl halides is 3. The van der Waals surface area contributed by atoms with E-state index in [0.29, 0.717) is 17.9 Å². The molecule has 0 radical (unpaired) electrons. The molecule has 138 valence electrons. The Morgan fingerprint density at radius 3 is 2.54 bits per heavy atom. The van der Waals surface area contributed by atoms with Gasteiger partial charge in [-0.05, 0) is 5.56 Å². The Morgan fingerprint density at radius 1 is 1.27 bits per heavy atom. The van der Waals surface area contributed by atoms with Crippen LogP contribution in [0.15, 0.2) is 33.8 Å². The number of aliphatic imine (C=N–C) groups is 1. The highest BCUT2D eigenvalue weighted by Crippen LogP contribution is 2.29. The molecule has 0 bridgehead atoms. The van der Waals surface area contributed by atoms with Crippen molar-refractivity contribution in [3.63, 3.8) is 0 Å². The number of hydrogen-bond acceptors (Lipinski definition) is 6. The van der Waals surface area contributed by atoms with Crippen molar-refractivity contribution in [1.82, 2.24) is 15.0 Å². The molecule has 0 N–H and O–H groups in total. The summed E-state index contributed by atoms with van der Waals surface area (Å²) in [6, 6.07) is 6.02. The quantitative estimate of drug-likeness (QED) is 0.826. The minimum atomic E-state index is -4.68. The van der Waals surface area contributed by atoms with Crippen molar-refractivity contribution in [1.29, 1.82) is 0 Å². The second-order valence-electron chi connectivity index (χ2n) is 5.88. The lowest BCUT2D eigenvalue weighted by Crippen LogP contribution is -2.33. The van der Waals surface area contributed by atoms with Gasteiger partial charge in [0, 0.05) is 26.1 Å². The zero-order valence-electron chi connectivity index (χ0n) is 13.9. The maximum Gasteiger partial charge on any atom is 0.471 e. The predicted molar refractivity (Wildman–Crippen MR) is 84.3 cm³/mol. The van der Waals surface area contributed by atoms with E-state index in [9.17, 15) is 18.0 Å². The lowest BCUT2D eigenvalue weighted by atomic mass is 10.1. The van der Waals surface area contributed by atoms with Gasteiger partial charge in [0.1, 0.15) is 6.61 Å². The Bertz CT molecular complexity index is 828. The Kier molecular flexibility index (Phi) is 4.66. The molecule has 26 heavy (non-hydrogen) atoms. The summed E-state index contributed by atoms with van der Waals surface area (Å²) in [5, 5.41) is 3.34. The molecule has 10 heteroatoms. The molecule has 3 rings (SSSR count). The van der Waals surface area contributed by atoms with Crippen LogP contribution in [-0.2, 0) is 22.1 Å². The lowest BCUT2D eigenvalue weighted by Gasteiger charge is -2.11. The number of amides is 1. The molecule has 1 atom stereocenters. The van der Waals surface area contributed by atoms with Crippen LogP contribution in [0, 0.1) is 0 Å². The van der Waals surface area contributed by atoms with Gasteiger partial charge < -0.3 is 14.2 Å². The molecule has 2 heterocycles. The first-order chi connectivity index (χ1) is 12.2. The number of ether oxygens (including phenoxy) is 1. The Labute approximate surface area is 146 Å². The second kappa shape index (κ2) is 6.77. The van der Waals surface area contributed by atoms with Crippen LogP contribution in [0.25, 0.3) is 11.4 Å². The molecule has 1 aromatic carbocycles. The van der Waals surface area contributed by atoms with Crippen LogP contribution >= 0.6 is 0 Å². The number of halogens is 3. The monoisotopic (exact) mass is 368 g/mol. The van der Waals surface area contributed by atoms with E-state index in [1.54, 1.807) is 38.4 Å². The van der Waals surface area contributed by atoms with E-state index >= 15 is 0 Å². The summed E-state index contributed by atoms with van der Waals surface area (Å²) in [5.41, 5.74) is 1.22. The minimum absolute atomic E-state index is 0.132. The minimum Gasteiger partial charge on any atom is -0.478 e. The topological polar surface area (TPSA) is 80.8 Å². The molecule has 1 unspecified atom stereocenters. The third-order valence-electron chi connectivity index (χ3n) is 3.67. The third kappa shape index (κ3) is 3.84. The fraction of sp³-hybridized carbons (Fsp3) is 0.375. The average Bonchev–Trinajstić information content (AvgIpc) is 3.24. The molecular weight excluding hydrogens is 353 g/mol. The summed E-state index contributed by atoms with van der Waals surface area (Å²) in [7, 11) is 3.30. The van der Waals surface area contributed by atoms with Gasteiger partial charge in [-0.2, -0.15) is 18.2 Å². The Hall–Kier alpha value is -2.91. The van der Waals surface area contributed by atoms with Gasteiger partial charge in [-0.1, -0.05) is 29.4 Å². The van der Waals surface area contributed by atoms with Crippen LogP contribution in [0.4, 0.5) is 13.2 Å². The zero-order valence-corrected chi connectivity index (χ0v) is 13.9. The molecule has 1 aliphatic rings. The molecule has 1 amide bonds. The second-order valence-corrected chi connectivity index (χ2v) is 5.88. The van der Waals surface area contributed by atoms with E-state index in [1.807, 2.05) is 0 Å². The molecule has 1 aliphatic heterocycles. The third-order valence-corrected chi connectivity index (χ3v) is 3.67. The number of aromatic nitrogens is 2. The zero-order chi connectivity index (χ0) is 18.9. The average molecular weight is 368 g/mol. The number of rotatable bonds is 4. The summed E-state index contributed by atoms with van der Waals surface area (Å²) in [6.45, 7) is 0.202. The fourth-order valence-electron chi connectivity index (χ4n) is 2.35. The fourth-order valence-corrected chi connectivity index (χ4v) is 2.35. The van der Waals surface area contributed by atoms with Gasteiger partial charge >= 0.3 is 12.1 Å². The van der Waals surface area contributed by atoms with E-state index in [0.717, 1.165) is 5.56 Å². The highest BCUT2D eigenvalue weighted by molar-refractivity contribution is 5.89. The van der Waals surface area contributed by atoms with E-state index in [4.69, 9.17) is 4.74 Å². The van der Waals surface area contributed by atoms with Crippen LogP contribution in [-0.4, -0.2) is 53.6 Å². The van der Waals surface area contributed by atoms with Crippen LogP contribution in [0.5, 0.6) is 0 Å². The molecular formula is C16H15F3N4O3. The van der Waals surface area contributed by atoms with Gasteiger partial charge in [0.05, 0.1) is 0 Å². The molecule has 0 aliphatic carbocycles. The molecule has 0 saturated heterocycles. The summed E-state index contributed by atoms with van der Waals surface area (Å²) < 4.78 is 47.1. The molecule has 1 aromatic heterocycles. The standard InChI is InChI=1S/C16H15F3N4O3/c1-23(2)14(24)11-8-25-12(20-11)7-9-3-5-10(6-4-9)13-21-15(26-22-13)16(17,18)19/h3-6,11H,7-8H2,1-2H3. The molecule has 0 fully saturated rings. The van der Waals surface area contributed by atoms with Gasteiger partial charge in [-0.25, -0.2) is 4.99 Å². The van der Waals surface area contributed by atoms with Crippen molar-refractivity contribution in [3.05, 3.63) is 35.7 Å². The maximum absolute atomic E-state index is 12.5. The Morgan fingerprint density at radius 2 is 1.96 bits per heavy atom. The van der Waals surface area contributed by atoms with Gasteiger partial charge in [-0.15, -0.1) is 0 Å². The largest absolute Gasteiger partial charge is 0.478 e. The highest BCUT2D eigenvalue weighted by atomic mass is 19.4. The maximum atomic E-state index is 12.5. The SMILES string of the molecule is CN(C)C(=O)C1COC(Cc2ccc(-c3noc(C(F)(F)F)n3)cc2)=N1. The van der Waals surface area contributed by atoms with Crippen molar-refractivity contribution in [3.8, 4) is 11.4 Å². The van der Waals surface area contributed by atoms with E-state index in [1.165, 1.54) is 4.90 Å². The molecule has 0 spiro atoms. The van der Waals surface area contributed by atoms with Crippen LogP contribution in [0.1, 0.15) is 11.5 Å². The summed E-state index contributed by atoms with van der Waals surface area (Å²) in [4.78, 5) is 20.9. The highest BCUT2D eigenvalue weighted by Gasteiger charge is 2.38. The number of likely N-dealkylation sites (N-methyl/N-ethyl adjacent to an activating group) is 1. The summed E-state index contributed by atoms with van der Waals surface area (Å²) in [6.07, 6.45) is -4.30. The first-order valence-electron chi connectivity index (χ1n) is 7.65. The van der Waals surface area contributed by atoms with Crippen molar-refractivity contribution < 1.29 is 27.2 Å². The van der Waals surface area contributed by atoms with Crippen LogP contribution in [0.3, 0.4) is 0 Å². The predicted octanol–water partition coefficient (Wildman–Crippen LogP) is 2.18. The van der Waals surface area contributed by atoms with Gasteiger partial charge in [0.25, 0.3) is 5.91 Å². The van der Waals surface area contributed by atoms with Crippen molar-refractivity contribution in [2.45, 2.75) is 18.6 Å². The van der Waals surface area contributed by atoms with E-state index < -0.39 is 18.1 Å². The number of nitrogens with zero attached hydrogens (tertiary/aromatic N) is 4. The molecule has 2 aromatic rings. The first-order valence-corrected chi connectivity index (χ1v) is 7.65. The van der Waals surface area contributed by atoms with Crippen molar-refractivity contribution in [2.75, 3.05) is 20.7 Å². The lowest BCUT2D eigenvalue weighted by molar-refractivity contribution is -0.159. The number of benzene rings is 1. The van der Waals surface area contributed by atoms with Crippen molar-refractivity contribution in [2.24, 2.45) is 4.99 Å². The summed E-state index contributed by atoms with van der Waals surface area (Å²) in [5.74, 6) is -1.22. The summed E-state index contributed by atoms with van der Waals surface area (Å²) >= 11 is 0. The Balaban J connectivity index is 1.68. The van der Waals surface area contributed by atoms with E-state index in [-0.39, 0.29) is 18.3 Å². The molecule has 0 saturated carbocycles. The number of carbonyl (C=O) groups excluding carboxylic acids is 1. The normalized spacial score (nSPS) is 17.0. The van der Waals surface area contributed by atoms with Gasteiger partial charge in [0.2, 0.25) is 5.82 Å². The number of carbonyl (C=O) groups is 1.